The molecule has 4 rings (SSSR count). The number of phenols is 1. The van der Waals surface area contributed by atoms with Crippen LogP contribution in [0.5, 0.6) is 5.75 Å². The van der Waals surface area contributed by atoms with E-state index >= 15 is 0 Å². The molecule has 1 atom stereocenters. The SMILES string of the molecule is CN(C)C(=O)c1cccc(Nc2c(NC(c3cccs3)C3CC3)c(=O)[nH]n(C)c2=O)c1O. The van der Waals surface area contributed by atoms with Crippen LogP contribution in [0.3, 0.4) is 0 Å². The molecular formula is C22H25N5O4S. The lowest BCUT2D eigenvalue weighted by molar-refractivity contribution is 0.0824. The second-order valence-electron chi connectivity index (χ2n) is 8.06. The van der Waals surface area contributed by atoms with E-state index in [1.54, 1.807) is 37.6 Å². The Morgan fingerprint density at radius 1 is 1.22 bits per heavy atom. The van der Waals surface area contributed by atoms with Crippen molar-refractivity contribution in [2.24, 2.45) is 13.0 Å². The number of hydrogen-bond donors (Lipinski definition) is 4. The molecule has 0 aliphatic heterocycles. The zero-order valence-electron chi connectivity index (χ0n) is 18.0. The lowest BCUT2D eigenvalue weighted by Gasteiger charge is -2.21. The molecule has 2 heterocycles. The van der Waals surface area contributed by atoms with Gasteiger partial charge in [0.1, 0.15) is 11.4 Å². The minimum Gasteiger partial charge on any atom is -0.505 e. The summed E-state index contributed by atoms with van der Waals surface area (Å²) in [5.41, 5.74) is -0.591. The normalized spacial score (nSPS) is 14.1. The number of aromatic amines is 1. The molecular weight excluding hydrogens is 430 g/mol. The lowest BCUT2D eigenvalue weighted by atomic mass is 10.1. The number of carbonyl (C=O) groups excluding carboxylic acids is 1. The number of phenolic OH excluding ortho intramolecular Hbond substituents is 1. The molecule has 0 radical (unpaired) electrons. The number of hydrogen-bond acceptors (Lipinski definition) is 7. The van der Waals surface area contributed by atoms with Crippen LogP contribution in [0.1, 0.15) is 34.1 Å². The summed E-state index contributed by atoms with van der Waals surface area (Å²) in [4.78, 5) is 40.6. The third kappa shape index (κ3) is 4.13. The summed E-state index contributed by atoms with van der Waals surface area (Å²) in [7, 11) is 4.61. The Hall–Kier alpha value is -3.53. The Balaban J connectivity index is 1.77. The molecule has 3 aromatic rings. The van der Waals surface area contributed by atoms with Gasteiger partial charge in [-0.05, 0) is 42.3 Å². The molecule has 0 saturated heterocycles. The molecule has 0 spiro atoms. The van der Waals surface area contributed by atoms with Gasteiger partial charge in [-0.3, -0.25) is 24.2 Å². The molecule has 0 bridgehead atoms. The van der Waals surface area contributed by atoms with Gasteiger partial charge in [0, 0.05) is 26.0 Å². The number of anilines is 3. The Kier molecular flexibility index (Phi) is 5.79. The van der Waals surface area contributed by atoms with Crippen molar-refractivity contribution in [2.45, 2.75) is 18.9 Å². The fourth-order valence-electron chi connectivity index (χ4n) is 3.57. The molecule has 1 aromatic carbocycles. The number of carbonyl (C=O) groups is 1. The van der Waals surface area contributed by atoms with E-state index in [0.717, 1.165) is 22.4 Å². The van der Waals surface area contributed by atoms with Crippen molar-refractivity contribution in [1.82, 2.24) is 14.7 Å². The van der Waals surface area contributed by atoms with Crippen molar-refractivity contribution >= 4 is 34.3 Å². The van der Waals surface area contributed by atoms with Crippen molar-refractivity contribution < 1.29 is 9.90 Å². The van der Waals surface area contributed by atoms with Crippen molar-refractivity contribution in [1.29, 1.82) is 0 Å². The summed E-state index contributed by atoms with van der Waals surface area (Å²) in [6, 6.07) is 8.50. The third-order valence-corrected chi connectivity index (χ3v) is 6.40. The van der Waals surface area contributed by atoms with Crippen LogP contribution in [-0.2, 0) is 7.05 Å². The van der Waals surface area contributed by atoms with Crippen LogP contribution in [-0.4, -0.2) is 39.8 Å². The Morgan fingerprint density at radius 3 is 2.59 bits per heavy atom. The fraction of sp³-hybridized carbons (Fsp3) is 0.318. The van der Waals surface area contributed by atoms with Gasteiger partial charge in [0.15, 0.2) is 5.75 Å². The second kappa shape index (κ2) is 8.54. The number of aryl methyl sites for hydroxylation is 1. The van der Waals surface area contributed by atoms with E-state index < -0.39 is 11.1 Å². The molecule has 9 nitrogen and oxygen atoms in total. The lowest BCUT2D eigenvalue weighted by Crippen LogP contribution is -2.32. The highest BCUT2D eigenvalue weighted by Gasteiger charge is 2.34. The zero-order chi connectivity index (χ0) is 23.0. The van der Waals surface area contributed by atoms with Gasteiger partial charge in [-0.1, -0.05) is 12.1 Å². The zero-order valence-corrected chi connectivity index (χ0v) is 18.8. The van der Waals surface area contributed by atoms with Crippen LogP contribution in [0, 0.1) is 5.92 Å². The molecule has 1 aliphatic carbocycles. The highest BCUT2D eigenvalue weighted by molar-refractivity contribution is 7.10. The summed E-state index contributed by atoms with van der Waals surface area (Å²) in [6.07, 6.45) is 2.08. The molecule has 1 unspecified atom stereocenters. The van der Waals surface area contributed by atoms with E-state index in [1.165, 1.54) is 18.0 Å². The maximum Gasteiger partial charge on any atom is 0.290 e. The van der Waals surface area contributed by atoms with Gasteiger partial charge in [0.05, 0.1) is 17.3 Å². The molecule has 2 aromatic heterocycles. The predicted octanol–water partition coefficient (Wildman–Crippen LogP) is 2.85. The monoisotopic (exact) mass is 455 g/mol. The van der Waals surface area contributed by atoms with Crippen molar-refractivity contribution in [3.8, 4) is 5.75 Å². The first-order valence-electron chi connectivity index (χ1n) is 10.2. The van der Waals surface area contributed by atoms with Crippen LogP contribution < -0.4 is 21.8 Å². The van der Waals surface area contributed by atoms with E-state index in [0.29, 0.717) is 5.92 Å². The number of thiophene rings is 1. The highest BCUT2D eigenvalue weighted by atomic mass is 32.1. The van der Waals surface area contributed by atoms with Crippen LogP contribution in [0.25, 0.3) is 0 Å². The summed E-state index contributed by atoms with van der Waals surface area (Å²) in [5.74, 6) is -0.300. The van der Waals surface area contributed by atoms with Crippen LogP contribution in [0.4, 0.5) is 17.1 Å². The molecule has 1 aliphatic rings. The number of nitrogens with zero attached hydrogens (tertiary/aromatic N) is 2. The van der Waals surface area contributed by atoms with Gasteiger partial charge in [0.25, 0.3) is 17.0 Å². The number of rotatable bonds is 7. The summed E-state index contributed by atoms with van der Waals surface area (Å²) < 4.78 is 1.08. The minimum atomic E-state index is -0.475. The average molecular weight is 456 g/mol. The first kappa shape index (κ1) is 21.7. The van der Waals surface area contributed by atoms with Crippen LogP contribution >= 0.6 is 11.3 Å². The molecule has 4 N–H and O–H groups in total. The second-order valence-corrected chi connectivity index (χ2v) is 9.04. The molecule has 10 heteroatoms. The molecule has 168 valence electrons. The van der Waals surface area contributed by atoms with E-state index in [4.69, 9.17) is 0 Å². The van der Waals surface area contributed by atoms with Crippen molar-refractivity contribution in [2.75, 3.05) is 24.7 Å². The number of nitrogens with one attached hydrogen (secondary N) is 3. The molecule has 1 amide bonds. The predicted molar refractivity (Wildman–Crippen MR) is 125 cm³/mol. The number of aromatic nitrogens is 2. The Bertz CT molecular complexity index is 1260. The van der Waals surface area contributed by atoms with Gasteiger partial charge >= 0.3 is 0 Å². The van der Waals surface area contributed by atoms with E-state index in [9.17, 15) is 19.5 Å². The van der Waals surface area contributed by atoms with Gasteiger partial charge in [0.2, 0.25) is 0 Å². The maximum atomic E-state index is 13.0. The third-order valence-electron chi connectivity index (χ3n) is 5.44. The first-order chi connectivity index (χ1) is 15.3. The highest BCUT2D eigenvalue weighted by Crippen LogP contribution is 2.44. The number of H-pyrrole nitrogens is 1. The van der Waals surface area contributed by atoms with Crippen molar-refractivity contribution in [3.05, 3.63) is 66.9 Å². The smallest absolute Gasteiger partial charge is 0.290 e. The first-order valence-corrected chi connectivity index (χ1v) is 11.1. The quantitative estimate of drug-likeness (QED) is 0.407. The van der Waals surface area contributed by atoms with Gasteiger partial charge in [-0.25, -0.2) is 0 Å². The van der Waals surface area contributed by atoms with Crippen molar-refractivity contribution in [3.63, 3.8) is 0 Å². The minimum absolute atomic E-state index is 0.00297. The Labute approximate surface area is 188 Å². The molecule has 32 heavy (non-hydrogen) atoms. The number of aromatic hydroxyl groups is 1. The Morgan fingerprint density at radius 2 is 1.97 bits per heavy atom. The van der Waals surface area contributed by atoms with E-state index in [1.807, 2.05) is 17.5 Å². The number of amides is 1. The van der Waals surface area contributed by atoms with Gasteiger partial charge in [-0.15, -0.1) is 11.3 Å². The summed E-state index contributed by atoms with van der Waals surface area (Å²) in [5, 5.41) is 21.4. The number of para-hydroxylation sites is 1. The van der Waals surface area contributed by atoms with Crippen LogP contribution in [0.15, 0.2) is 45.3 Å². The standard InChI is InChI=1S/C22H25N5O4S/c1-26(2)21(30)13-6-4-7-14(19(13)28)23-18-17(20(29)25-27(3)22(18)31)24-16(12-9-10-12)15-8-5-11-32-15/h4-8,11-12,16,23-24,28H,9-10H2,1-3H3,(H,25,29). The maximum absolute atomic E-state index is 13.0. The summed E-state index contributed by atoms with van der Waals surface area (Å²) in [6.45, 7) is 0. The van der Waals surface area contributed by atoms with E-state index in [2.05, 4.69) is 15.7 Å². The van der Waals surface area contributed by atoms with Gasteiger partial charge in [-0.2, -0.15) is 0 Å². The number of benzene rings is 1. The molecule has 1 saturated carbocycles. The fourth-order valence-corrected chi connectivity index (χ4v) is 4.44. The van der Waals surface area contributed by atoms with E-state index in [-0.39, 0.29) is 40.3 Å². The van der Waals surface area contributed by atoms with Crippen LogP contribution in [0.2, 0.25) is 0 Å². The summed E-state index contributed by atoms with van der Waals surface area (Å²) >= 11 is 1.59. The van der Waals surface area contributed by atoms with Gasteiger partial charge < -0.3 is 20.6 Å². The topological polar surface area (TPSA) is 119 Å². The molecule has 1 fully saturated rings. The average Bonchev–Trinajstić information content (AvgIpc) is 3.45. The largest absolute Gasteiger partial charge is 0.505 e.